The van der Waals surface area contributed by atoms with Gasteiger partial charge in [0.1, 0.15) is 22.3 Å². The molecule has 10 aromatic carbocycles. The van der Waals surface area contributed by atoms with Gasteiger partial charge in [-0.2, -0.15) is 0 Å². The lowest BCUT2D eigenvalue weighted by atomic mass is 9.97. The molecule has 0 spiro atoms. The predicted molar refractivity (Wildman–Crippen MR) is 258 cm³/mol. The van der Waals surface area contributed by atoms with Crippen LogP contribution in [0.15, 0.2) is 203 Å². The Morgan fingerprint density at radius 1 is 0.333 bits per heavy atom. The van der Waals surface area contributed by atoms with Gasteiger partial charge in [-0.05, 0) is 87.6 Å². The number of hydrogen-bond acceptors (Lipinski definition) is 5. The van der Waals surface area contributed by atoms with E-state index in [9.17, 15) is 0 Å². The van der Waals surface area contributed by atoms with Crippen LogP contribution < -0.4 is 0 Å². The lowest BCUT2D eigenvalue weighted by Crippen LogP contribution is -2.01. The first-order valence-corrected chi connectivity index (χ1v) is 21.2. The second-order valence-corrected chi connectivity index (χ2v) is 16.3. The molecule has 0 fully saturated rings. The molecular weight excluding hydrogens is 773 g/mol. The monoisotopic (exact) mass is 804 g/mol. The molecule has 0 bridgehead atoms. The highest BCUT2D eigenvalue weighted by Crippen LogP contribution is 2.44. The van der Waals surface area contributed by atoms with Crippen molar-refractivity contribution in [2.24, 2.45) is 0 Å². The summed E-state index contributed by atoms with van der Waals surface area (Å²) >= 11 is 0. The maximum atomic E-state index is 6.72. The number of fused-ring (bicyclic) bond motifs is 14. The summed E-state index contributed by atoms with van der Waals surface area (Å²) in [7, 11) is 0. The highest BCUT2D eigenvalue weighted by Gasteiger charge is 2.22. The van der Waals surface area contributed by atoms with Crippen molar-refractivity contribution in [3.63, 3.8) is 0 Å². The molecule has 4 aromatic heterocycles. The summed E-state index contributed by atoms with van der Waals surface area (Å²) < 4.78 is 15.4. The summed E-state index contributed by atoms with van der Waals surface area (Å²) in [5.41, 5.74) is 9.28. The summed E-state index contributed by atoms with van der Waals surface area (Å²) in [5.74, 6) is 1.72. The van der Waals surface area contributed by atoms with E-state index in [-0.39, 0.29) is 0 Å². The van der Waals surface area contributed by atoms with Gasteiger partial charge in [0.2, 0.25) is 0 Å². The fourth-order valence-electron chi connectivity index (χ4n) is 9.89. The van der Waals surface area contributed by atoms with Crippen molar-refractivity contribution in [2.45, 2.75) is 0 Å². The van der Waals surface area contributed by atoms with E-state index < -0.39 is 0 Å². The van der Waals surface area contributed by atoms with Gasteiger partial charge in [0.05, 0.1) is 11.0 Å². The minimum Gasteiger partial charge on any atom is -0.456 e. The summed E-state index contributed by atoms with van der Waals surface area (Å²) in [5, 5.41) is 13.5. The van der Waals surface area contributed by atoms with E-state index >= 15 is 0 Å². The zero-order valence-corrected chi connectivity index (χ0v) is 33.6. The predicted octanol–water partition coefficient (Wildman–Crippen LogP) is 15.2. The Kier molecular flexibility index (Phi) is 7.02. The normalized spacial score (nSPS) is 12.1. The highest BCUT2D eigenvalue weighted by molar-refractivity contribution is 6.24. The van der Waals surface area contributed by atoms with E-state index in [1.54, 1.807) is 0 Å². The number of rotatable bonds is 4. The first-order valence-electron chi connectivity index (χ1n) is 21.2. The third kappa shape index (κ3) is 5.09. The molecule has 0 unspecified atom stereocenters. The average Bonchev–Trinajstić information content (AvgIpc) is 4.02. The van der Waals surface area contributed by atoms with Gasteiger partial charge in [-0.1, -0.05) is 133 Å². The molecule has 0 aliphatic rings. The maximum absolute atomic E-state index is 6.72. The van der Waals surface area contributed by atoms with Crippen LogP contribution in [0.25, 0.3) is 138 Å². The van der Waals surface area contributed by atoms with Crippen LogP contribution in [0.3, 0.4) is 0 Å². The number of aromatic nitrogens is 4. The molecular formula is C57H32N4O2. The summed E-state index contributed by atoms with van der Waals surface area (Å²) in [4.78, 5) is 15.7. The molecule has 0 amide bonds. The van der Waals surface area contributed by atoms with Crippen molar-refractivity contribution in [3.05, 3.63) is 194 Å². The molecule has 14 aromatic rings. The first kappa shape index (κ1) is 34.1. The van der Waals surface area contributed by atoms with Gasteiger partial charge in [-0.3, -0.25) is 0 Å². The van der Waals surface area contributed by atoms with Crippen molar-refractivity contribution in [1.29, 1.82) is 0 Å². The Balaban J connectivity index is 1.07. The van der Waals surface area contributed by atoms with Crippen molar-refractivity contribution >= 4 is 98.0 Å². The average molecular weight is 805 g/mol. The zero-order valence-electron chi connectivity index (χ0n) is 33.6. The minimum absolute atomic E-state index is 0.561. The van der Waals surface area contributed by atoms with Crippen LogP contribution in [0.5, 0.6) is 0 Å². The minimum atomic E-state index is 0.561. The van der Waals surface area contributed by atoms with E-state index in [0.717, 1.165) is 82.5 Å². The Morgan fingerprint density at radius 2 is 0.968 bits per heavy atom. The van der Waals surface area contributed by atoms with E-state index in [0.29, 0.717) is 17.5 Å². The van der Waals surface area contributed by atoms with Crippen LogP contribution in [-0.4, -0.2) is 19.5 Å². The van der Waals surface area contributed by atoms with E-state index in [2.05, 4.69) is 126 Å². The topological polar surface area (TPSA) is 69.9 Å². The SMILES string of the molecule is c1ccc(-c2nc(-c3ccc4oc5ccccc5c4c3)nc(-c3cc4oc5ccccc5c4c4cc(-n5c6cc7ccccc7cc6c6ccc7ccccc7c65)ccc34)n2)cc1. The van der Waals surface area contributed by atoms with Crippen LogP contribution >= 0.6 is 0 Å². The van der Waals surface area contributed by atoms with Gasteiger partial charge in [-0.15, -0.1) is 0 Å². The number of hydrogen-bond donors (Lipinski definition) is 0. The maximum Gasteiger partial charge on any atom is 0.164 e. The summed E-state index contributed by atoms with van der Waals surface area (Å²) in [6, 6.07) is 68.1. The third-order valence-electron chi connectivity index (χ3n) is 12.8. The quantitative estimate of drug-likeness (QED) is 0.177. The number of furan rings is 2. The Hall–Kier alpha value is -8.61. The fraction of sp³-hybridized carbons (Fsp3) is 0. The van der Waals surface area contributed by atoms with Gasteiger partial charge in [0.15, 0.2) is 17.5 Å². The summed E-state index contributed by atoms with van der Waals surface area (Å²) in [6.45, 7) is 0. The van der Waals surface area contributed by atoms with Crippen molar-refractivity contribution < 1.29 is 8.83 Å². The molecule has 4 heterocycles. The van der Waals surface area contributed by atoms with Crippen LogP contribution in [0.2, 0.25) is 0 Å². The van der Waals surface area contributed by atoms with Gasteiger partial charge >= 0.3 is 0 Å². The van der Waals surface area contributed by atoms with Crippen LogP contribution in [-0.2, 0) is 0 Å². The molecule has 0 aliphatic carbocycles. The summed E-state index contributed by atoms with van der Waals surface area (Å²) in [6.07, 6.45) is 0. The molecule has 0 atom stereocenters. The molecule has 6 heteroatoms. The van der Waals surface area contributed by atoms with Gasteiger partial charge in [-0.25, -0.2) is 15.0 Å². The molecule has 0 saturated heterocycles. The van der Waals surface area contributed by atoms with Gasteiger partial charge < -0.3 is 13.4 Å². The van der Waals surface area contributed by atoms with Crippen molar-refractivity contribution in [3.8, 4) is 39.9 Å². The molecule has 0 radical (unpaired) electrons. The zero-order chi connectivity index (χ0) is 41.2. The lowest BCUT2D eigenvalue weighted by molar-refractivity contribution is 0.668. The largest absolute Gasteiger partial charge is 0.456 e. The van der Waals surface area contributed by atoms with Crippen LogP contribution in [0, 0.1) is 0 Å². The van der Waals surface area contributed by atoms with Crippen LogP contribution in [0.1, 0.15) is 0 Å². The molecule has 6 nitrogen and oxygen atoms in total. The standard InChI is InChI=1S/C57H32N4O2/c1-2-13-34(14-3-1)55-58-56(37-23-27-51-45(29-37)41-18-8-10-20-49(41)62-51)60-57(59-55)47-32-52-53(43-19-9-11-21-50(43)63-52)46-31-38(24-26-40(46)47)61-48-30-36-16-5-4-15-35(36)28-44(48)42-25-22-33-12-6-7-17-39(33)54(42)61/h1-32H. The molecule has 0 N–H and O–H groups in total. The first-order chi connectivity index (χ1) is 31.2. The van der Waals surface area contributed by atoms with Crippen molar-refractivity contribution in [1.82, 2.24) is 19.5 Å². The second kappa shape index (κ2) is 12.9. The second-order valence-electron chi connectivity index (χ2n) is 16.3. The molecule has 0 saturated carbocycles. The van der Waals surface area contributed by atoms with E-state index in [4.69, 9.17) is 23.8 Å². The van der Waals surface area contributed by atoms with Gasteiger partial charge in [0.25, 0.3) is 0 Å². The van der Waals surface area contributed by atoms with E-state index in [1.807, 2.05) is 72.8 Å². The molecule has 14 rings (SSSR count). The third-order valence-corrected chi connectivity index (χ3v) is 12.8. The van der Waals surface area contributed by atoms with Gasteiger partial charge in [0, 0.05) is 60.1 Å². The number of nitrogens with zero attached hydrogens (tertiary/aromatic N) is 4. The molecule has 292 valence electrons. The van der Waals surface area contributed by atoms with E-state index in [1.165, 1.54) is 37.8 Å². The number of para-hydroxylation sites is 2. The Morgan fingerprint density at radius 3 is 1.81 bits per heavy atom. The Bertz CT molecular complexity index is 4220. The highest BCUT2D eigenvalue weighted by atomic mass is 16.3. The molecule has 63 heavy (non-hydrogen) atoms. The Labute approximate surface area is 358 Å². The lowest BCUT2D eigenvalue weighted by Gasteiger charge is -2.14. The molecule has 0 aliphatic heterocycles. The van der Waals surface area contributed by atoms with Crippen molar-refractivity contribution in [2.75, 3.05) is 0 Å². The fourth-order valence-corrected chi connectivity index (χ4v) is 9.89. The smallest absolute Gasteiger partial charge is 0.164 e. The number of benzene rings is 10. The van der Waals surface area contributed by atoms with Crippen LogP contribution in [0.4, 0.5) is 0 Å².